The summed E-state index contributed by atoms with van der Waals surface area (Å²) >= 11 is 0. The number of alkyl halides is 3. The maximum Gasteiger partial charge on any atom is 0.416 e. The highest BCUT2D eigenvalue weighted by Crippen LogP contribution is 2.37. The van der Waals surface area contributed by atoms with Gasteiger partial charge in [0.2, 0.25) is 0 Å². The summed E-state index contributed by atoms with van der Waals surface area (Å²) in [6.45, 7) is 3.97. The maximum absolute atomic E-state index is 13.0. The number of morpholine rings is 1. The minimum Gasteiger partial charge on any atom is -0.368 e. The van der Waals surface area contributed by atoms with E-state index in [1.807, 2.05) is 6.92 Å². The molecule has 1 heterocycles. The molecule has 0 bridgehead atoms. The van der Waals surface area contributed by atoms with Crippen molar-refractivity contribution < 1.29 is 22.3 Å². The number of ether oxygens (including phenoxy) is 1. The lowest BCUT2D eigenvalue weighted by molar-refractivity contribution is -0.141. The highest BCUT2D eigenvalue weighted by Gasteiger charge is 2.37. The topological polar surface area (TPSA) is 21.3 Å². The fourth-order valence-electron chi connectivity index (χ4n) is 2.12. The first-order valence-electron chi connectivity index (χ1n) is 6.04. The van der Waals surface area contributed by atoms with Gasteiger partial charge in [-0.1, -0.05) is 6.07 Å². The second kappa shape index (κ2) is 5.09. The summed E-state index contributed by atoms with van der Waals surface area (Å²) < 4.78 is 57.3. The summed E-state index contributed by atoms with van der Waals surface area (Å²) in [5.74, 6) is -0.902. The van der Waals surface area contributed by atoms with Gasteiger partial charge in [-0.05, 0) is 31.5 Å². The number of hydrogen-bond acceptors (Lipinski definition) is 2. The Morgan fingerprint density at radius 3 is 2.53 bits per heavy atom. The second-order valence-corrected chi connectivity index (χ2v) is 4.76. The van der Waals surface area contributed by atoms with Crippen molar-refractivity contribution in [1.82, 2.24) is 5.32 Å². The van der Waals surface area contributed by atoms with E-state index >= 15 is 0 Å². The summed E-state index contributed by atoms with van der Waals surface area (Å²) in [4.78, 5) is 0. The van der Waals surface area contributed by atoms with Crippen molar-refractivity contribution in [3.05, 3.63) is 35.1 Å². The molecule has 0 saturated carbocycles. The van der Waals surface area contributed by atoms with Gasteiger partial charge in [-0.25, -0.2) is 4.39 Å². The summed E-state index contributed by atoms with van der Waals surface area (Å²) in [7, 11) is 0. The fraction of sp³-hybridized carbons (Fsp3) is 0.538. The molecule has 3 atom stereocenters. The van der Waals surface area contributed by atoms with Crippen molar-refractivity contribution in [2.24, 2.45) is 0 Å². The predicted molar refractivity (Wildman–Crippen MR) is 62.2 cm³/mol. The molecule has 3 unspecified atom stereocenters. The first-order chi connectivity index (χ1) is 8.79. The summed E-state index contributed by atoms with van der Waals surface area (Å²) in [6, 6.07) is 2.76. The molecular formula is C13H15F4NO. The summed E-state index contributed by atoms with van der Waals surface area (Å²) in [6.07, 6.45) is -5.51. The largest absolute Gasteiger partial charge is 0.416 e. The molecule has 0 aliphatic carbocycles. The van der Waals surface area contributed by atoms with Gasteiger partial charge in [-0.15, -0.1) is 0 Å². The molecular weight excluding hydrogens is 262 g/mol. The first-order valence-corrected chi connectivity index (χ1v) is 6.04. The van der Waals surface area contributed by atoms with Crippen LogP contribution in [0, 0.1) is 5.82 Å². The molecule has 2 nitrogen and oxygen atoms in total. The van der Waals surface area contributed by atoms with E-state index in [9.17, 15) is 17.6 Å². The van der Waals surface area contributed by atoms with Crippen LogP contribution in [0.3, 0.4) is 0 Å². The molecule has 0 aromatic heterocycles. The molecule has 1 aliphatic rings. The van der Waals surface area contributed by atoms with Gasteiger partial charge in [0.25, 0.3) is 0 Å². The fourth-order valence-corrected chi connectivity index (χ4v) is 2.12. The van der Waals surface area contributed by atoms with E-state index in [-0.39, 0.29) is 24.3 Å². The minimum atomic E-state index is -4.59. The Kier molecular flexibility index (Phi) is 3.82. The molecule has 1 aromatic rings. The molecule has 1 aliphatic heterocycles. The van der Waals surface area contributed by atoms with Crippen LogP contribution >= 0.6 is 0 Å². The Bertz CT molecular complexity index is 460. The molecule has 0 amide bonds. The SMILES string of the molecule is CC1NCC(c2ccc(F)cc2C(F)(F)F)OC1C. The van der Waals surface area contributed by atoms with Gasteiger partial charge in [0.1, 0.15) is 5.82 Å². The quantitative estimate of drug-likeness (QED) is 0.795. The molecule has 106 valence electrons. The number of rotatable bonds is 1. The molecule has 1 N–H and O–H groups in total. The molecule has 19 heavy (non-hydrogen) atoms. The zero-order valence-corrected chi connectivity index (χ0v) is 10.6. The van der Waals surface area contributed by atoms with Crippen LogP contribution in [0.15, 0.2) is 18.2 Å². The number of hydrogen-bond donors (Lipinski definition) is 1. The number of nitrogens with one attached hydrogen (secondary N) is 1. The van der Waals surface area contributed by atoms with Gasteiger partial charge >= 0.3 is 6.18 Å². The average molecular weight is 277 g/mol. The van der Waals surface area contributed by atoms with Crippen molar-refractivity contribution in [1.29, 1.82) is 0 Å². The third-order valence-corrected chi connectivity index (χ3v) is 3.38. The van der Waals surface area contributed by atoms with E-state index in [4.69, 9.17) is 4.74 Å². The lowest BCUT2D eigenvalue weighted by atomic mass is 9.99. The van der Waals surface area contributed by atoms with E-state index in [1.165, 1.54) is 0 Å². The highest BCUT2D eigenvalue weighted by molar-refractivity contribution is 5.33. The Balaban J connectivity index is 2.34. The molecule has 0 spiro atoms. The van der Waals surface area contributed by atoms with Crippen LogP contribution in [0.4, 0.5) is 17.6 Å². The summed E-state index contributed by atoms with van der Waals surface area (Å²) in [5.41, 5.74) is -0.999. The van der Waals surface area contributed by atoms with Crippen LogP contribution in [-0.4, -0.2) is 18.7 Å². The van der Waals surface area contributed by atoms with Crippen molar-refractivity contribution in [2.45, 2.75) is 38.3 Å². The number of halogens is 4. The molecule has 0 radical (unpaired) electrons. The minimum absolute atomic E-state index is 0.0276. The maximum atomic E-state index is 13.0. The monoisotopic (exact) mass is 277 g/mol. The second-order valence-electron chi connectivity index (χ2n) is 4.76. The molecule has 1 aromatic carbocycles. The lowest BCUT2D eigenvalue weighted by Gasteiger charge is -2.35. The Labute approximate surface area is 108 Å². The van der Waals surface area contributed by atoms with Crippen LogP contribution in [0.1, 0.15) is 31.1 Å². The van der Waals surface area contributed by atoms with E-state index in [0.29, 0.717) is 6.07 Å². The number of benzene rings is 1. The van der Waals surface area contributed by atoms with Gasteiger partial charge in [-0.2, -0.15) is 13.2 Å². The Hall–Kier alpha value is -1.14. The van der Waals surface area contributed by atoms with Gasteiger partial charge in [0, 0.05) is 12.6 Å². The predicted octanol–water partition coefficient (Wildman–Crippen LogP) is 3.28. The van der Waals surface area contributed by atoms with Gasteiger partial charge in [0.05, 0.1) is 17.8 Å². The van der Waals surface area contributed by atoms with Crippen LogP contribution in [0.25, 0.3) is 0 Å². The first kappa shape index (κ1) is 14.3. The van der Waals surface area contributed by atoms with Crippen LogP contribution in [-0.2, 0) is 10.9 Å². The van der Waals surface area contributed by atoms with Crippen LogP contribution < -0.4 is 5.32 Å². The zero-order valence-electron chi connectivity index (χ0n) is 10.6. The van der Waals surface area contributed by atoms with Crippen molar-refractivity contribution in [2.75, 3.05) is 6.54 Å². The standard InChI is InChI=1S/C13H15F4NO/c1-7-8(2)19-12(6-18-7)10-4-3-9(14)5-11(10)13(15,16)17/h3-5,7-8,12,18H,6H2,1-2H3. The van der Waals surface area contributed by atoms with Crippen LogP contribution in [0.5, 0.6) is 0 Å². The van der Waals surface area contributed by atoms with E-state index in [1.54, 1.807) is 6.92 Å². The van der Waals surface area contributed by atoms with Crippen molar-refractivity contribution in [3.8, 4) is 0 Å². The lowest BCUT2D eigenvalue weighted by Crippen LogP contribution is -2.46. The van der Waals surface area contributed by atoms with E-state index in [2.05, 4.69) is 5.32 Å². The molecule has 2 rings (SSSR count). The molecule has 1 fully saturated rings. The summed E-state index contributed by atoms with van der Waals surface area (Å²) in [5, 5.41) is 3.09. The van der Waals surface area contributed by atoms with Crippen LogP contribution in [0.2, 0.25) is 0 Å². The molecule has 6 heteroatoms. The van der Waals surface area contributed by atoms with Gasteiger partial charge < -0.3 is 10.1 Å². The normalized spacial score (nSPS) is 28.4. The van der Waals surface area contributed by atoms with Crippen molar-refractivity contribution in [3.63, 3.8) is 0 Å². The van der Waals surface area contributed by atoms with Crippen molar-refractivity contribution >= 4 is 0 Å². The third kappa shape index (κ3) is 3.06. The smallest absolute Gasteiger partial charge is 0.368 e. The third-order valence-electron chi connectivity index (χ3n) is 3.38. The van der Waals surface area contributed by atoms with Gasteiger partial charge in [0.15, 0.2) is 0 Å². The zero-order chi connectivity index (χ0) is 14.2. The van der Waals surface area contributed by atoms with E-state index < -0.39 is 23.7 Å². The average Bonchev–Trinajstić information content (AvgIpc) is 2.32. The Morgan fingerprint density at radius 2 is 1.95 bits per heavy atom. The van der Waals surface area contributed by atoms with Gasteiger partial charge in [-0.3, -0.25) is 0 Å². The van der Waals surface area contributed by atoms with E-state index in [0.717, 1.165) is 12.1 Å². The molecule has 1 saturated heterocycles. The highest BCUT2D eigenvalue weighted by atomic mass is 19.4. The Morgan fingerprint density at radius 1 is 1.26 bits per heavy atom.